The number of nitrogens with two attached hydrogens (primary N) is 1. The molecule has 0 amide bonds. The summed E-state index contributed by atoms with van der Waals surface area (Å²) < 4.78 is 16.3. The Hall–Kier alpha value is -2.99. The minimum atomic E-state index is 0.406. The van der Waals surface area contributed by atoms with Crippen LogP contribution in [0, 0.1) is 0 Å². The van der Waals surface area contributed by atoms with E-state index >= 15 is 0 Å². The zero-order valence-corrected chi connectivity index (χ0v) is 15.6. The van der Waals surface area contributed by atoms with Gasteiger partial charge in [0.25, 0.3) is 0 Å². The minimum Gasteiger partial charge on any atom is -0.493 e. The number of hydrogen-bond donors (Lipinski definition) is 1. The second kappa shape index (κ2) is 7.49. The van der Waals surface area contributed by atoms with Crippen LogP contribution in [0.15, 0.2) is 41.1 Å². The van der Waals surface area contributed by atoms with Crippen molar-refractivity contribution in [3.63, 3.8) is 0 Å². The average Bonchev–Trinajstić information content (AvgIpc) is 3.21. The number of nitrogen functional groups attached to an aromatic ring is 1. The fourth-order valence-electron chi connectivity index (χ4n) is 2.94. The molecule has 0 bridgehead atoms. The van der Waals surface area contributed by atoms with Crippen LogP contribution >= 0.6 is 11.3 Å². The van der Waals surface area contributed by atoms with Gasteiger partial charge in [-0.05, 0) is 40.1 Å². The molecule has 0 fully saturated rings. The van der Waals surface area contributed by atoms with E-state index in [1.54, 1.807) is 17.4 Å². The van der Waals surface area contributed by atoms with Crippen LogP contribution < -0.4 is 19.9 Å². The molecule has 2 aromatic carbocycles. The molecular weight excluding hydrogens is 350 g/mol. The van der Waals surface area contributed by atoms with Crippen molar-refractivity contribution >= 4 is 23.3 Å². The van der Waals surface area contributed by atoms with Gasteiger partial charge in [-0.2, -0.15) is 11.3 Å². The van der Waals surface area contributed by atoms with Crippen molar-refractivity contribution in [2.24, 2.45) is 0 Å². The Morgan fingerprint density at radius 2 is 1.73 bits per heavy atom. The van der Waals surface area contributed by atoms with Crippen LogP contribution in [0.2, 0.25) is 0 Å². The number of ether oxygens (including phenoxy) is 3. The molecule has 0 aliphatic heterocycles. The fraction of sp³-hybridized carbons (Fsp3) is 0.150. The normalized spacial score (nSPS) is 10.4. The largest absolute Gasteiger partial charge is 0.493 e. The highest BCUT2D eigenvalue weighted by atomic mass is 32.1. The summed E-state index contributed by atoms with van der Waals surface area (Å²) in [5.74, 6) is 1.24. The van der Waals surface area contributed by atoms with Gasteiger partial charge < -0.3 is 19.9 Å². The SMILES string of the molecule is COc1cc(C=O)c(-c2ccc(-c3ccsc3)cc2N)c(OC)c1OC. The summed E-state index contributed by atoms with van der Waals surface area (Å²) >= 11 is 1.62. The highest BCUT2D eigenvalue weighted by molar-refractivity contribution is 7.08. The van der Waals surface area contributed by atoms with Crippen molar-refractivity contribution in [1.82, 2.24) is 0 Å². The monoisotopic (exact) mass is 369 g/mol. The van der Waals surface area contributed by atoms with E-state index in [-0.39, 0.29) is 0 Å². The number of rotatable bonds is 6. The molecule has 134 valence electrons. The lowest BCUT2D eigenvalue weighted by Gasteiger charge is -2.19. The van der Waals surface area contributed by atoms with Crippen molar-refractivity contribution in [3.05, 3.63) is 46.7 Å². The lowest BCUT2D eigenvalue weighted by atomic mass is 9.94. The molecule has 0 unspecified atom stereocenters. The smallest absolute Gasteiger partial charge is 0.203 e. The van der Waals surface area contributed by atoms with E-state index in [4.69, 9.17) is 19.9 Å². The third-order valence-corrected chi connectivity index (χ3v) is 4.85. The predicted molar refractivity (Wildman–Crippen MR) is 105 cm³/mol. The molecule has 6 heteroatoms. The van der Waals surface area contributed by atoms with Crippen LogP contribution in [0.4, 0.5) is 5.69 Å². The third kappa shape index (κ3) is 2.99. The summed E-state index contributed by atoms with van der Waals surface area (Å²) in [6, 6.07) is 9.41. The lowest BCUT2D eigenvalue weighted by molar-refractivity contribution is 0.112. The molecule has 0 saturated carbocycles. The predicted octanol–water partition coefficient (Wildman–Crippen LogP) is 4.50. The summed E-state index contributed by atoms with van der Waals surface area (Å²) in [5, 5.41) is 4.07. The second-order valence-electron chi connectivity index (χ2n) is 5.54. The van der Waals surface area contributed by atoms with Crippen molar-refractivity contribution < 1.29 is 19.0 Å². The first-order valence-electron chi connectivity index (χ1n) is 7.85. The molecule has 0 atom stereocenters. The minimum absolute atomic E-state index is 0.406. The number of carbonyl (C=O) groups excluding carboxylic acids is 1. The Morgan fingerprint density at radius 1 is 0.962 bits per heavy atom. The zero-order chi connectivity index (χ0) is 18.7. The van der Waals surface area contributed by atoms with Crippen LogP contribution in [-0.2, 0) is 0 Å². The summed E-state index contributed by atoms with van der Waals surface area (Å²) in [6.45, 7) is 0. The molecule has 0 radical (unpaired) electrons. The number of hydrogen-bond acceptors (Lipinski definition) is 6. The van der Waals surface area contributed by atoms with Crippen molar-refractivity contribution in [2.75, 3.05) is 27.1 Å². The van der Waals surface area contributed by atoms with E-state index in [2.05, 4.69) is 5.38 Å². The van der Waals surface area contributed by atoms with Gasteiger partial charge in [0.15, 0.2) is 17.8 Å². The van der Waals surface area contributed by atoms with Crippen molar-refractivity contribution in [3.8, 4) is 39.5 Å². The maximum absolute atomic E-state index is 11.7. The van der Waals surface area contributed by atoms with Gasteiger partial charge in [0, 0.05) is 22.4 Å². The van der Waals surface area contributed by atoms with Crippen LogP contribution in [-0.4, -0.2) is 27.6 Å². The number of benzene rings is 2. The Bertz CT molecular complexity index is 935. The van der Waals surface area contributed by atoms with Gasteiger partial charge in [-0.1, -0.05) is 12.1 Å². The number of anilines is 1. The molecule has 2 N–H and O–H groups in total. The van der Waals surface area contributed by atoms with Gasteiger partial charge in [0.05, 0.1) is 21.3 Å². The highest BCUT2D eigenvalue weighted by Crippen LogP contribution is 2.48. The number of aldehydes is 1. The highest BCUT2D eigenvalue weighted by Gasteiger charge is 2.23. The molecule has 3 rings (SSSR count). The summed E-state index contributed by atoms with van der Waals surface area (Å²) in [6.07, 6.45) is 0.756. The average molecular weight is 369 g/mol. The number of carbonyl (C=O) groups is 1. The first-order chi connectivity index (χ1) is 12.6. The number of thiophene rings is 1. The van der Waals surface area contributed by atoms with E-state index in [0.29, 0.717) is 39.6 Å². The van der Waals surface area contributed by atoms with Gasteiger partial charge in [0.1, 0.15) is 0 Å². The first-order valence-corrected chi connectivity index (χ1v) is 8.79. The van der Waals surface area contributed by atoms with Gasteiger partial charge in [-0.25, -0.2) is 0 Å². The van der Waals surface area contributed by atoms with Gasteiger partial charge >= 0.3 is 0 Å². The Kier molecular flexibility index (Phi) is 5.14. The molecule has 0 spiro atoms. The summed E-state index contributed by atoms with van der Waals surface area (Å²) in [7, 11) is 4.55. The van der Waals surface area contributed by atoms with Crippen LogP contribution in [0.3, 0.4) is 0 Å². The Labute approximate surface area is 155 Å². The molecule has 1 heterocycles. The molecule has 26 heavy (non-hydrogen) atoms. The zero-order valence-electron chi connectivity index (χ0n) is 14.7. The van der Waals surface area contributed by atoms with Crippen LogP contribution in [0.5, 0.6) is 17.2 Å². The van der Waals surface area contributed by atoms with E-state index < -0.39 is 0 Å². The van der Waals surface area contributed by atoms with E-state index in [0.717, 1.165) is 17.4 Å². The number of methoxy groups -OCH3 is 3. The quantitative estimate of drug-likeness (QED) is 0.512. The standard InChI is InChI=1S/C20H19NO4S/c1-23-17-9-14(10-22)18(20(25-3)19(17)24-2)15-5-4-12(8-16(15)21)13-6-7-26-11-13/h4-11H,21H2,1-3H3. The van der Waals surface area contributed by atoms with Gasteiger partial charge in [-0.3, -0.25) is 4.79 Å². The summed E-state index contributed by atoms with van der Waals surface area (Å²) in [5.41, 5.74) is 10.7. The molecular formula is C20H19NO4S. The van der Waals surface area contributed by atoms with Gasteiger partial charge in [-0.15, -0.1) is 0 Å². The topological polar surface area (TPSA) is 70.8 Å². The van der Waals surface area contributed by atoms with Crippen molar-refractivity contribution in [1.29, 1.82) is 0 Å². The Balaban J connectivity index is 2.24. The first kappa shape index (κ1) is 17.8. The molecule has 0 aliphatic rings. The molecule has 5 nitrogen and oxygen atoms in total. The molecule has 0 saturated heterocycles. The van der Waals surface area contributed by atoms with E-state index in [1.165, 1.54) is 21.3 Å². The third-order valence-electron chi connectivity index (χ3n) is 4.16. The molecule has 0 aliphatic carbocycles. The fourth-order valence-corrected chi connectivity index (χ4v) is 3.61. The Morgan fingerprint density at radius 3 is 2.27 bits per heavy atom. The van der Waals surface area contributed by atoms with Gasteiger partial charge in [0.2, 0.25) is 5.75 Å². The van der Waals surface area contributed by atoms with E-state index in [9.17, 15) is 4.79 Å². The lowest BCUT2D eigenvalue weighted by Crippen LogP contribution is -2.02. The molecule has 1 aromatic heterocycles. The van der Waals surface area contributed by atoms with Crippen molar-refractivity contribution in [2.45, 2.75) is 0 Å². The van der Waals surface area contributed by atoms with Crippen LogP contribution in [0.1, 0.15) is 10.4 Å². The molecule has 3 aromatic rings. The maximum atomic E-state index is 11.7. The van der Waals surface area contributed by atoms with E-state index in [1.807, 2.05) is 29.6 Å². The summed E-state index contributed by atoms with van der Waals surface area (Å²) in [4.78, 5) is 11.7. The van der Waals surface area contributed by atoms with Crippen LogP contribution in [0.25, 0.3) is 22.3 Å². The maximum Gasteiger partial charge on any atom is 0.203 e. The second-order valence-corrected chi connectivity index (χ2v) is 6.32.